The van der Waals surface area contributed by atoms with Crippen molar-refractivity contribution in [1.82, 2.24) is 4.98 Å². The molecule has 5 nitrogen and oxygen atoms in total. The molecule has 2 atom stereocenters. The van der Waals surface area contributed by atoms with Crippen molar-refractivity contribution in [3.63, 3.8) is 0 Å². The highest BCUT2D eigenvalue weighted by Crippen LogP contribution is 2.20. The Hall–Kier alpha value is -1.69. The van der Waals surface area contributed by atoms with Gasteiger partial charge in [0.05, 0.1) is 12.1 Å². The lowest BCUT2D eigenvalue weighted by Crippen LogP contribution is -2.13. The van der Waals surface area contributed by atoms with Crippen molar-refractivity contribution in [3.8, 4) is 0 Å². The van der Waals surface area contributed by atoms with Gasteiger partial charge in [-0.25, -0.2) is 9.98 Å². The highest BCUT2D eigenvalue weighted by Gasteiger charge is 2.26. The van der Waals surface area contributed by atoms with E-state index in [2.05, 4.69) is 42.7 Å². The number of ether oxygens (including phenoxy) is 2. The molecule has 2 aliphatic rings. The molecule has 3 heterocycles. The first-order chi connectivity index (χ1) is 10.9. The van der Waals surface area contributed by atoms with E-state index in [1.165, 1.54) is 0 Å². The Balaban J connectivity index is 1.91. The average molecular weight is 333 g/mol. The second-order valence-corrected chi connectivity index (χ2v) is 7.23. The number of aromatic amines is 1. The molecule has 0 bridgehead atoms. The van der Waals surface area contributed by atoms with Crippen LogP contribution in [0.1, 0.15) is 39.1 Å². The number of hydrogen-bond acceptors (Lipinski definition) is 5. The molecule has 6 heteroatoms. The lowest BCUT2D eigenvalue weighted by atomic mass is 10.1. The highest BCUT2D eigenvalue weighted by atomic mass is 32.1. The Morgan fingerprint density at radius 2 is 1.39 bits per heavy atom. The molecule has 0 spiro atoms. The minimum Gasteiger partial charge on any atom is -0.474 e. The summed E-state index contributed by atoms with van der Waals surface area (Å²) in [6.45, 7) is 9.81. The number of aliphatic imine (C=N–C) groups is 2. The van der Waals surface area contributed by atoms with Gasteiger partial charge in [-0.3, -0.25) is 0 Å². The molecule has 0 radical (unpaired) electrons. The third-order valence-corrected chi connectivity index (χ3v) is 4.43. The van der Waals surface area contributed by atoms with Crippen LogP contribution in [0.15, 0.2) is 22.1 Å². The number of rotatable bonds is 4. The molecule has 0 saturated carbocycles. The second-order valence-electron chi connectivity index (χ2n) is 6.76. The van der Waals surface area contributed by atoms with E-state index in [0.29, 0.717) is 41.4 Å². The third kappa shape index (κ3) is 3.47. The van der Waals surface area contributed by atoms with E-state index >= 15 is 0 Å². The lowest BCUT2D eigenvalue weighted by molar-refractivity contribution is 0.290. The molecule has 2 unspecified atom stereocenters. The Bertz CT molecular complexity index is 651. The minimum atomic E-state index is 0.195. The van der Waals surface area contributed by atoms with Crippen LogP contribution in [0.4, 0.5) is 0 Å². The fourth-order valence-electron chi connectivity index (χ4n) is 2.53. The van der Waals surface area contributed by atoms with E-state index in [9.17, 15) is 0 Å². The molecule has 1 aromatic heterocycles. The zero-order chi connectivity index (χ0) is 16.6. The predicted octanol–water partition coefficient (Wildman–Crippen LogP) is 3.35. The standard InChI is InChI=1S/C17H23N3O2S/c1-9(2)14-7-21-16(19-14)12-5-11(23)6-13(18-12)17-20-15(8-22-17)10(3)4/h5-6,9-10,14-15H,7-8H2,1-4H3,(H,18,23). The highest BCUT2D eigenvalue weighted by molar-refractivity contribution is 7.71. The first kappa shape index (κ1) is 16.2. The van der Waals surface area contributed by atoms with Crippen molar-refractivity contribution < 1.29 is 9.47 Å². The van der Waals surface area contributed by atoms with E-state index in [4.69, 9.17) is 21.7 Å². The summed E-state index contributed by atoms with van der Waals surface area (Å²) < 4.78 is 12.2. The van der Waals surface area contributed by atoms with Crippen LogP contribution in [0.3, 0.4) is 0 Å². The van der Waals surface area contributed by atoms with E-state index in [1.807, 2.05) is 12.1 Å². The molecule has 0 aromatic carbocycles. The van der Waals surface area contributed by atoms with Crippen LogP contribution in [0.25, 0.3) is 0 Å². The zero-order valence-electron chi connectivity index (χ0n) is 14.0. The van der Waals surface area contributed by atoms with Crippen LogP contribution in [0.2, 0.25) is 0 Å². The van der Waals surface area contributed by atoms with Gasteiger partial charge in [0.1, 0.15) is 24.6 Å². The Morgan fingerprint density at radius 1 is 0.957 bits per heavy atom. The van der Waals surface area contributed by atoms with E-state index in [1.54, 1.807) is 0 Å². The molecule has 2 aliphatic heterocycles. The van der Waals surface area contributed by atoms with Gasteiger partial charge in [0, 0.05) is 4.51 Å². The molecular weight excluding hydrogens is 310 g/mol. The van der Waals surface area contributed by atoms with Gasteiger partial charge in [0.15, 0.2) is 0 Å². The van der Waals surface area contributed by atoms with Gasteiger partial charge in [0.25, 0.3) is 0 Å². The van der Waals surface area contributed by atoms with Crippen LogP contribution in [-0.4, -0.2) is 42.1 Å². The van der Waals surface area contributed by atoms with Crippen molar-refractivity contribution in [2.45, 2.75) is 39.8 Å². The first-order valence-corrected chi connectivity index (χ1v) is 8.51. The van der Waals surface area contributed by atoms with Crippen molar-refractivity contribution >= 4 is 24.0 Å². The predicted molar refractivity (Wildman–Crippen MR) is 93.9 cm³/mol. The molecule has 3 rings (SSSR count). The number of aromatic nitrogens is 1. The molecule has 0 aliphatic carbocycles. The number of nitrogens with zero attached hydrogens (tertiary/aromatic N) is 2. The molecule has 0 fully saturated rings. The van der Waals surface area contributed by atoms with Gasteiger partial charge in [-0.2, -0.15) is 0 Å². The minimum absolute atomic E-state index is 0.195. The van der Waals surface area contributed by atoms with Gasteiger partial charge in [-0.1, -0.05) is 39.9 Å². The van der Waals surface area contributed by atoms with Crippen molar-refractivity contribution in [2.24, 2.45) is 21.8 Å². The van der Waals surface area contributed by atoms with Crippen molar-refractivity contribution in [3.05, 3.63) is 28.0 Å². The van der Waals surface area contributed by atoms with Crippen LogP contribution < -0.4 is 0 Å². The Kier molecular flexibility index (Phi) is 4.53. The molecular formula is C17H23N3O2S. The van der Waals surface area contributed by atoms with Crippen molar-refractivity contribution in [1.29, 1.82) is 0 Å². The summed E-state index contributed by atoms with van der Waals surface area (Å²) in [6, 6.07) is 4.13. The van der Waals surface area contributed by atoms with Gasteiger partial charge in [-0.05, 0) is 24.0 Å². The molecule has 1 N–H and O–H groups in total. The number of nitrogens with one attached hydrogen (secondary N) is 1. The first-order valence-electron chi connectivity index (χ1n) is 8.10. The van der Waals surface area contributed by atoms with Crippen LogP contribution in [-0.2, 0) is 9.47 Å². The smallest absolute Gasteiger partial charge is 0.233 e. The molecule has 23 heavy (non-hydrogen) atoms. The molecule has 0 amide bonds. The van der Waals surface area contributed by atoms with Gasteiger partial charge < -0.3 is 14.5 Å². The maximum Gasteiger partial charge on any atom is 0.233 e. The van der Waals surface area contributed by atoms with Gasteiger partial charge in [-0.15, -0.1) is 0 Å². The normalized spacial score (nSPS) is 23.7. The number of hydrogen-bond donors (Lipinski definition) is 1. The number of H-pyrrole nitrogens is 1. The van der Waals surface area contributed by atoms with Gasteiger partial charge >= 0.3 is 0 Å². The maximum atomic E-state index is 5.74. The zero-order valence-corrected chi connectivity index (χ0v) is 14.8. The van der Waals surface area contributed by atoms with E-state index in [-0.39, 0.29) is 12.1 Å². The van der Waals surface area contributed by atoms with Crippen LogP contribution in [0, 0.1) is 16.3 Å². The summed E-state index contributed by atoms with van der Waals surface area (Å²) in [5.41, 5.74) is 1.57. The monoisotopic (exact) mass is 333 g/mol. The maximum absolute atomic E-state index is 5.74. The summed E-state index contributed by atoms with van der Waals surface area (Å²) >= 11 is 5.38. The third-order valence-electron chi connectivity index (χ3n) is 4.19. The largest absolute Gasteiger partial charge is 0.474 e. The fourth-order valence-corrected chi connectivity index (χ4v) is 2.77. The van der Waals surface area contributed by atoms with Crippen LogP contribution in [0.5, 0.6) is 0 Å². The molecule has 1 aromatic rings. The quantitative estimate of drug-likeness (QED) is 0.860. The van der Waals surface area contributed by atoms with Crippen LogP contribution >= 0.6 is 12.2 Å². The van der Waals surface area contributed by atoms with Gasteiger partial charge in [0.2, 0.25) is 11.8 Å². The fraction of sp³-hybridized carbons (Fsp3) is 0.588. The Morgan fingerprint density at radius 3 is 1.74 bits per heavy atom. The summed E-state index contributed by atoms with van der Waals surface area (Å²) in [5, 5.41) is 0. The SMILES string of the molecule is CC(C)C1COC(c2cc(=S)cc(C3=NC(C(C)C)CO3)[nH]2)=N1. The van der Waals surface area contributed by atoms with E-state index < -0.39 is 0 Å². The lowest BCUT2D eigenvalue weighted by Gasteiger charge is -2.07. The summed E-state index contributed by atoms with van der Waals surface area (Å²) in [4.78, 5) is 12.6. The Labute approximate surface area is 141 Å². The summed E-state index contributed by atoms with van der Waals surface area (Å²) in [7, 11) is 0. The topological polar surface area (TPSA) is 59.0 Å². The summed E-state index contributed by atoms with van der Waals surface area (Å²) in [5.74, 6) is 2.15. The van der Waals surface area contributed by atoms with E-state index in [0.717, 1.165) is 11.4 Å². The molecule has 124 valence electrons. The summed E-state index contributed by atoms with van der Waals surface area (Å²) in [6.07, 6.45) is 0. The number of pyridine rings is 1. The molecule has 0 saturated heterocycles. The second kappa shape index (κ2) is 6.43. The van der Waals surface area contributed by atoms with Crippen molar-refractivity contribution in [2.75, 3.05) is 13.2 Å². The average Bonchev–Trinajstić information content (AvgIpc) is 3.16.